The van der Waals surface area contributed by atoms with Gasteiger partial charge >= 0.3 is 0 Å². The van der Waals surface area contributed by atoms with Crippen LogP contribution in [0.5, 0.6) is 5.75 Å². The van der Waals surface area contributed by atoms with Crippen molar-refractivity contribution < 1.29 is 4.74 Å². The van der Waals surface area contributed by atoms with E-state index in [2.05, 4.69) is 4.98 Å². The van der Waals surface area contributed by atoms with Gasteiger partial charge in [-0.1, -0.05) is 18.3 Å². The molecule has 3 nitrogen and oxygen atoms in total. The van der Waals surface area contributed by atoms with E-state index in [-0.39, 0.29) is 0 Å². The monoisotopic (exact) mass is 260 g/mol. The van der Waals surface area contributed by atoms with Gasteiger partial charge in [-0.15, -0.1) is 0 Å². The molecule has 0 aliphatic carbocycles. The standard InChI is InChI=1S/C14H16N2OS/c15-14(18)5-1-2-9-17-12-7-6-11-4-3-8-16-13(11)10-12/h3-4,6-8,10H,1-2,5,9H2,(H2,15,18). The van der Waals surface area contributed by atoms with Crippen LogP contribution in [0.4, 0.5) is 0 Å². The van der Waals surface area contributed by atoms with Gasteiger partial charge in [0.25, 0.3) is 0 Å². The van der Waals surface area contributed by atoms with E-state index >= 15 is 0 Å². The zero-order chi connectivity index (χ0) is 12.8. The number of ether oxygens (including phenoxy) is 1. The lowest BCUT2D eigenvalue weighted by molar-refractivity contribution is 0.308. The minimum atomic E-state index is 0.574. The second kappa shape index (κ2) is 6.31. The molecule has 0 amide bonds. The number of thiocarbonyl (C=S) groups is 1. The Bertz CT molecular complexity index is 542. The topological polar surface area (TPSA) is 48.1 Å². The van der Waals surface area contributed by atoms with Gasteiger partial charge in [-0.3, -0.25) is 4.98 Å². The Hall–Kier alpha value is -1.68. The molecule has 0 bridgehead atoms. The third-order valence-corrected chi connectivity index (χ3v) is 2.87. The predicted molar refractivity (Wildman–Crippen MR) is 77.9 cm³/mol. The second-order valence-corrected chi connectivity index (χ2v) is 4.65. The lowest BCUT2D eigenvalue weighted by atomic mass is 10.2. The third kappa shape index (κ3) is 3.67. The van der Waals surface area contributed by atoms with Gasteiger partial charge in [-0.2, -0.15) is 0 Å². The summed E-state index contributed by atoms with van der Waals surface area (Å²) < 4.78 is 5.67. The van der Waals surface area contributed by atoms with E-state index in [4.69, 9.17) is 22.7 Å². The Morgan fingerprint density at radius 1 is 1.28 bits per heavy atom. The van der Waals surface area contributed by atoms with E-state index < -0.39 is 0 Å². The van der Waals surface area contributed by atoms with E-state index in [9.17, 15) is 0 Å². The lowest BCUT2D eigenvalue weighted by Gasteiger charge is -2.06. The number of rotatable bonds is 6. The highest BCUT2D eigenvalue weighted by Crippen LogP contribution is 2.18. The van der Waals surface area contributed by atoms with Crippen LogP contribution in [0.2, 0.25) is 0 Å². The molecule has 1 heterocycles. The molecule has 0 saturated heterocycles. The highest BCUT2D eigenvalue weighted by Gasteiger charge is 1.98. The maximum atomic E-state index is 5.67. The number of aromatic nitrogens is 1. The molecule has 0 aliphatic rings. The van der Waals surface area contributed by atoms with Crippen LogP contribution in [0.3, 0.4) is 0 Å². The highest BCUT2D eigenvalue weighted by atomic mass is 32.1. The Balaban J connectivity index is 1.86. The van der Waals surface area contributed by atoms with Gasteiger partial charge < -0.3 is 10.5 Å². The first-order valence-corrected chi connectivity index (χ1v) is 6.42. The van der Waals surface area contributed by atoms with Crippen LogP contribution in [0.1, 0.15) is 19.3 Å². The molecule has 0 radical (unpaired) electrons. The number of hydrogen-bond acceptors (Lipinski definition) is 3. The predicted octanol–water partition coefficient (Wildman–Crippen LogP) is 3.07. The number of nitrogens with two attached hydrogens (primary N) is 1. The minimum absolute atomic E-state index is 0.574. The summed E-state index contributed by atoms with van der Waals surface area (Å²) in [7, 11) is 0. The van der Waals surface area contributed by atoms with Crippen molar-refractivity contribution in [1.29, 1.82) is 0 Å². The number of pyridine rings is 1. The first-order chi connectivity index (χ1) is 8.75. The number of hydrogen-bond donors (Lipinski definition) is 1. The van der Waals surface area contributed by atoms with Gasteiger partial charge in [-0.05, 0) is 37.5 Å². The molecule has 4 heteroatoms. The van der Waals surface area contributed by atoms with E-state index in [1.807, 2.05) is 30.3 Å². The lowest BCUT2D eigenvalue weighted by Crippen LogP contribution is -2.07. The highest BCUT2D eigenvalue weighted by molar-refractivity contribution is 7.80. The average Bonchev–Trinajstić information content (AvgIpc) is 2.38. The van der Waals surface area contributed by atoms with Crippen molar-refractivity contribution in [3.63, 3.8) is 0 Å². The largest absolute Gasteiger partial charge is 0.494 e. The summed E-state index contributed by atoms with van der Waals surface area (Å²) in [6.07, 6.45) is 4.50. The number of unbranched alkanes of at least 4 members (excludes halogenated alkanes) is 1. The normalized spacial score (nSPS) is 10.4. The van der Waals surface area contributed by atoms with Gasteiger partial charge in [0.15, 0.2) is 0 Å². The summed E-state index contributed by atoms with van der Waals surface area (Å²) in [5.74, 6) is 0.858. The molecule has 1 aromatic carbocycles. The van der Waals surface area contributed by atoms with Crippen molar-refractivity contribution in [2.45, 2.75) is 19.3 Å². The average molecular weight is 260 g/mol. The number of fused-ring (bicyclic) bond motifs is 1. The quantitative estimate of drug-likeness (QED) is 0.640. The van der Waals surface area contributed by atoms with Crippen molar-refractivity contribution in [2.24, 2.45) is 5.73 Å². The molecule has 2 aromatic rings. The summed E-state index contributed by atoms with van der Waals surface area (Å²) in [5, 5.41) is 1.12. The van der Waals surface area contributed by atoms with E-state index in [1.54, 1.807) is 6.20 Å². The summed E-state index contributed by atoms with van der Waals surface area (Å²) in [4.78, 5) is 4.87. The van der Waals surface area contributed by atoms with E-state index in [0.29, 0.717) is 11.6 Å². The molecule has 2 rings (SSSR count). The number of benzene rings is 1. The van der Waals surface area contributed by atoms with Gasteiger partial charge in [0.2, 0.25) is 0 Å². The van der Waals surface area contributed by atoms with Crippen LogP contribution in [0.15, 0.2) is 36.5 Å². The minimum Gasteiger partial charge on any atom is -0.494 e. The van der Waals surface area contributed by atoms with Gasteiger partial charge in [0.05, 0.1) is 17.1 Å². The fraction of sp³-hybridized carbons (Fsp3) is 0.286. The molecule has 18 heavy (non-hydrogen) atoms. The maximum absolute atomic E-state index is 5.67. The SMILES string of the molecule is NC(=S)CCCCOc1ccc2cccnc2c1. The first-order valence-electron chi connectivity index (χ1n) is 6.01. The molecule has 0 atom stereocenters. The maximum Gasteiger partial charge on any atom is 0.121 e. The third-order valence-electron chi connectivity index (χ3n) is 2.66. The molecule has 0 unspecified atom stereocenters. The van der Waals surface area contributed by atoms with Crippen molar-refractivity contribution in [1.82, 2.24) is 4.98 Å². The van der Waals surface area contributed by atoms with Crippen molar-refractivity contribution in [3.8, 4) is 5.75 Å². The molecule has 0 fully saturated rings. The Morgan fingerprint density at radius 3 is 3.00 bits per heavy atom. The molecule has 0 saturated carbocycles. The molecule has 0 aliphatic heterocycles. The van der Waals surface area contributed by atoms with Crippen LogP contribution in [0.25, 0.3) is 10.9 Å². The van der Waals surface area contributed by atoms with Crippen LogP contribution >= 0.6 is 12.2 Å². The number of nitrogens with zero attached hydrogens (tertiary/aromatic N) is 1. The molecule has 94 valence electrons. The Morgan fingerprint density at radius 2 is 2.17 bits per heavy atom. The van der Waals surface area contributed by atoms with Crippen molar-refractivity contribution in [2.75, 3.05) is 6.61 Å². The van der Waals surface area contributed by atoms with Crippen LogP contribution < -0.4 is 10.5 Å². The Labute approximate surface area is 112 Å². The zero-order valence-electron chi connectivity index (χ0n) is 10.1. The van der Waals surface area contributed by atoms with E-state index in [1.165, 1.54) is 0 Å². The fourth-order valence-electron chi connectivity index (χ4n) is 1.73. The van der Waals surface area contributed by atoms with Gasteiger partial charge in [0, 0.05) is 17.6 Å². The Kier molecular flexibility index (Phi) is 4.47. The summed E-state index contributed by atoms with van der Waals surface area (Å²) in [6.45, 7) is 0.682. The zero-order valence-corrected chi connectivity index (χ0v) is 11.0. The molecule has 0 spiro atoms. The first kappa shape index (κ1) is 12.8. The molecule has 2 N–H and O–H groups in total. The van der Waals surface area contributed by atoms with Gasteiger partial charge in [0.1, 0.15) is 5.75 Å². The van der Waals surface area contributed by atoms with Crippen LogP contribution in [0, 0.1) is 0 Å². The van der Waals surface area contributed by atoms with Crippen molar-refractivity contribution >= 4 is 28.1 Å². The molecular formula is C14H16N2OS. The summed E-state index contributed by atoms with van der Waals surface area (Å²) >= 11 is 4.82. The van der Waals surface area contributed by atoms with Crippen LogP contribution in [-0.4, -0.2) is 16.6 Å². The molecule has 1 aromatic heterocycles. The summed E-state index contributed by atoms with van der Waals surface area (Å²) in [5.41, 5.74) is 6.39. The second-order valence-electron chi connectivity index (χ2n) is 4.13. The van der Waals surface area contributed by atoms with E-state index in [0.717, 1.165) is 35.9 Å². The van der Waals surface area contributed by atoms with Gasteiger partial charge in [-0.25, -0.2) is 0 Å². The van der Waals surface area contributed by atoms with Crippen molar-refractivity contribution in [3.05, 3.63) is 36.5 Å². The van der Waals surface area contributed by atoms with Crippen LogP contribution in [-0.2, 0) is 0 Å². The molecular weight excluding hydrogens is 244 g/mol. The fourth-order valence-corrected chi connectivity index (χ4v) is 1.87. The summed E-state index contributed by atoms with van der Waals surface area (Å²) in [6, 6.07) is 9.92. The smallest absolute Gasteiger partial charge is 0.121 e.